The van der Waals surface area contributed by atoms with Crippen molar-refractivity contribution in [3.05, 3.63) is 96.1 Å². The standard InChI is InChI=1S/C21H18N4O3/c26-19(16-6-10-22-11-7-16)24-18(14-15-4-2-1-3-5-15)21(28)25-20(27)17-8-12-23-13-9-17/h1-13,18H,14H2,(H,24,26)(H,25,27,28). The van der Waals surface area contributed by atoms with Crippen molar-refractivity contribution in [1.29, 1.82) is 0 Å². The van der Waals surface area contributed by atoms with E-state index in [1.54, 1.807) is 12.1 Å². The van der Waals surface area contributed by atoms with Crippen LogP contribution in [0.25, 0.3) is 0 Å². The molecule has 3 rings (SSSR count). The SMILES string of the molecule is O=C(NC(=O)C(Cc1ccccc1)NC(=O)c1ccncc1)c1ccncc1. The fourth-order valence-electron chi connectivity index (χ4n) is 2.58. The van der Waals surface area contributed by atoms with Crippen LogP contribution in [-0.4, -0.2) is 33.7 Å². The number of hydrogen-bond acceptors (Lipinski definition) is 5. The molecule has 2 N–H and O–H groups in total. The Bertz CT molecular complexity index is 947. The van der Waals surface area contributed by atoms with Gasteiger partial charge in [0.2, 0.25) is 5.91 Å². The summed E-state index contributed by atoms with van der Waals surface area (Å²) in [6, 6.07) is 14.4. The Labute approximate surface area is 161 Å². The van der Waals surface area contributed by atoms with E-state index < -0.39 is 23.8 Å². The molecule has 0 aliphatic heterocycles. The van der Waals surface area contributed by atoms with E-state index in [0.717, 1.165) is 5.56 Å². The minimum absolute atomic E-state index is 0.243. The molecule has 140 valence electrons. The van der Waals surface area contributed by atoms with Crippen LogP contribution in [0, 0.1) is 0 Å². The zero-order valence-corrected chi connectivity index (χ0v) is 14.9. The number of nitrogens with one attached hydrogen (secondary N) is 2. The van der Waals surface area contributed by atoms with Crippen LogP contribution in [0.2, 0.25) is 0 Å². The summed E-state index contributed by atoms with van der Waals surface area (Å²) in [6.45, 7) is 0. The van der Waals surface area contributed by atoms with E-state index in [1.165, 1.54) is 36.9 Å². The average Bonchev–Trinajstić information content (AvgIpc) is 2.75. The third-order valence-corrected chi connectivity index (χ3v) is 4.03. The van der Waals surface area contributed by atoms with E-state index >= 15 is 0 Å². The van der Waals surface area contributed by atoms with Crippen molar-refractivity contribution in [2.24, 2.45) is 0 Å². The summed E-state index contributed by atoms with van der Waals surface area (Å²) in [5.74, 6) is -1.56. The quantitative estimate of drug-likeness (QED) is 0.685. The fourth-order valence-corrected chi connectivity index (χ4v) is 2.58. The third-order valence-electron chi connectivity index (χ3n) is 4.03. The van der Waals surface area contributed by atoms with Crippen molar-refractivity contribution in [2.75, 3.05) is 0 Å². The lowest BCUT2D eigenvalue weighted by atomic mass is 10.0. The molecule has 1 atom stereocenters. The summed E-state index contributed by atoms with van der Waals surface area (Å²) in [5, 5.41) is 5.04. The first-order valence-electron chi connectivity index (χ1n) is 8.63. The second-order valence-corrected chi connectivity index (χ2v) is 6.01. The van der Waals surface area contributed by atoms with Crippen LogP contribution in [0.1, 0.15) is 26.3 Å². The van der Waals surface area contributed by atoms with Crippen molar-refractivity contribution >= 4 is 17.7 Å². The fraction of sp³-hybridized carbons (Fsp3) is 0.0952. The van der Waals surface area contributed by atoms with Crippen molar-refractivity contribution in [2.45, 2.75) is 12.5 Å². The molecule has 7 nitrogen and oxygen atoms in total. The van der Waals surface area contributed by atoms with Gasteiger partial charge in [-0.25, -0.2) is 0 Å². The van der Waals surface area contributed by atoms with Crippen molar-refractivity contribution < 1.29 is 14.4 Å². The first kappa shape index (κ1) is 18.9. The predicted molar refractivity (Wildman–Crippen MR) is 102 cm³/mol. The second-order valence-electron chi connectivity index (χ2n) is 6.01. The van der Waals surface area contributed by atoms with Gasteiger partial charge in [-0.3, -0.25) is 29.7 Å². The number of carbonyl (C=O) groups is 3. The summed E-state index contributed by atoms with van der Waals surface area (Å²) in [6.07, 6.45) is 6.16. The van der Waals surface area contributed by atoms with Crippen LogP contribution in [0.5, 0.6) is 0 Å². The Hall–Kier alpha value is -3.87. The maximum absolute atomic E-state index is 12.7. The molecule has 1 aromatic carbocycles. The number of rotatable bonds is 6. The Balaban J connectivity index is 1.76. The highest BCUT2D eigenvalue weighted by Gasteiger charge is 2.24. The van der Waals surface area contributed by atoms with Gasteiger partial charge in [-0.05, 0) is 29.8 Å². The molecular formula is C21H18N4O3. The van der Waals surface area contributed by atoms with Crippen LogP contribution in [-0.2, 0) is 11.2 Å². The van der Waals surface area contributed by atoms with Gasteiger partial charge in [0.1, 0.15) is 6.04 Å². The van der Waals surface area contributed by atoms with Gasteiger partial charge in [0.05, 0.1) is 0 Å². The molecule has 0 fully saturated rings. The molecule has 0 aliphatic carbocycles. The topological polar surface area (TPSA) is 101 Å². The minimum atomic E-state index is -0.922. The first-order chi connectivity index (χ1) is 13.6. The second kappa shape index (κ2) is 9.18. The largest absolute Gasteiger partial charge is 0.340 e. The van der Waals surface area contributed by atoms with Gasteiger partial charge >= 0.3 is 0 Å². The molecule has 1 unspecified atom stereocenters. The Kier molecular flexibility index (Phi) is 6.20. The van der Waals surface area contributed by atoms with E-state index in [0.29, 0.717) is 11.1 Å². The molecule has 0 saturated carbocycles. The predicted octanol–water partition coefficient (Wildman–Crippen LogP) is 1.77. The van der Waals surface area contributed by atoms with Gasteiger partial charge in [-0.15, -0.1) is 0 Å². The number of aromatic nitrogens is 2. The Morgan fingerprint density at radius 1 is 0.750 bits per heavy atom. The average molecular weight is 374 g/mol. The number of amides is 3. The van der Waals surface area contributed by atoms with Gasteiger partial charge in [-0.2, -0.15) is 0 Å². The van der Waals surface area contributed by atoms with E-state index in [9.17, 15) is 14.4 Å². The highest BCUT2D eigenvalue weighted by molar-refractivity contribution is 6.07. The van der Waals surface area contributed by atoms with Gasteiger partial charge in [-0.1, -0.05) is 30.3 Å². The number of hydrogen-bond donors (Lipinski definition) is 2. The van der Waals surface area contributed by atoms with Crippen LogP contribution in [0.15, 0.2) is 79.4 Å². The third kappa shape index (κ3) is 5.07. The molecule has 2 aromatic heterocycles. The number of pyridine rings is 2. The lowest BCUT2D eigenvalue weighted by Crippen LogP contribution is -2.49. The molecule has 0 spiro atoms. The minimum Gasteiger partial charge on any atom is -0.340 e. The van der Waals surface area contributed by atoms with E-state index in [4.69, 9.17) is 0 Å². The van der Waals surface area contributed by atoms with E-state index in [1.807, 2.05) is 30.3 Å². The molecule has 0 saturated heterocycles. The molecule has 3 amide bonds. The monoisotopic (exact) mass is 374 g/mol. The molecule has 0 radical (unpaired) electrons. The van der Waals surface area contributed by atoms with E-state index in [2.05, 4.69) is 20.6 Å². The molecule has 28 heavy (non-hydrogen) atoms. The molecule has 7 heteroatoms. The summed E-state index contributed by atoms with van der Waals surface area (Å²) in [7, 11) is 0. The van der Waals surface area contributed by atoms with Gasteiger partial charge in [0.15, 0.2) is 0 Å². The molecule has 3 aromatic rings. The summed E-state index contributed by atoms with van der Waals surface area (Å²) in [4.78, 5) is 45.2. The van der Waals surface area contributed by atoms with Gasteiger partial charge in [0.25, 0.3) is 11.8 Å². The summed E-state index contributed by atoms with van der Waals surface area (Å²) < 4.78 is 0. The normalized spacial score (nSPS) is 11.3. The lowest BCUT2D eigenvalue weighted by Gasteiger charge is -2.18. The zero-order valence-electron chi connectivity index (χ0n) is 14.9. The van der Waals surface area contributed by atoms with Crippen LogP contribution < -0.4 is 10.6 Å². The van der Waals surface area contributed by atoms with Gasteiger partial charge < -0.3 is 5.32 Å². The van der Waals surface area contributed by atoms with Gasteiger partial charge in [0, 0.05) is 42.3 Å². The van der Waals surface area contributed by atoms with Crippen molar-refractivity contribution in [3.63, 3.8) is 0 Å². The maximum Gasteiger partial charge on any atom is 0.258 e. The van der Waals surface area contributed by atoms with Crippen LogP contribution >= 0.6 is 0 Å². The Morgan fingerprint density at radius 3 is 1.86 bits per heavy atom. The molecule has 0 aliphatic rings. The molecule has 2 heterocycles. The number of carbonyl (C=O) groups excluding carboxylic acids is 3. The zero-order chi connectivity index (χ0) is 19.8. The summed E-state index contributed by atoms with van der Waals surface area (Å²) >= 11 is 0. The highest BCUT2D eigenvalue weighted by Crippen LogP contribution is 2.06. The lowest BCUT2D eigenvalue weighted by molar-refractivity contribution is -0.122. The van der Waals surface area contributed by atoms with Crippen molar-refractivity contribution in [1.82, 2.24) is 20.6 Å². The van der Waals surface area contributed by atoms with Crippen LogP contribution in [0.3, 0.4) is 0 Å². The summed E-state index contributed by atoms with van der Waals surface area (Å²) in [5.41, 5.74) is 1.54. The van der Waals surface area contributed by atoms with Crippen molar-refractivity contribution in [3.8, 4) is 0 Å². The number of imide groups is 1. The van der Waals surface area contributed by atoms with E-state index in [-0.39, 0.29) is 6.42 Å². The first-order valence-corrected chi connectivity index (χ1v) is 8.63. The number of benzene rings is 1. The highest BCUT2D eigenvalue weighted by atomic mass is 16.2. The van der Waals surface area contributed by atoms with Crippen LogP contribution in [0.4, 0.5) is 0 Å². The maximum atomic E-state index is 12.7. The Morgan fingerprint density at radius 2 is 1.29 bits per heavy atom. The smallest absolute Gasteiger partial charge is 0.258 e. The molecule has 0 bridgehead atoms. The molecular weight excluding hydrogens is 356 g/mol. The number of nitrogens with zero attached hydrogens (tertiary/aromatic N) is 2.